The van der Waals surface area contributed by atoms with Crippen LogP contribution in [0.2, 0.25) is 0 Å². The number of nitrogens with one attached hydrogen (secondary N) is 1. The fourth-order valence-electron chi connectivity index (χ4n) is 2.75. The molecular weight excluding hydrogens is 264 g/mol. The Morgan fingerprint density at radius 3 is 2.90 bits per heavy atom. The van der Waals surface area contributed by atoms with Gasteiger partial charge in [0.1, 0.15) is 5.82 Å². The van der Waals surface area contributed by atoms with Crippen LogP contribution >= 0.6 is 0 Å². The second-order valence-electron chi connectivity index (χ2n) is 5.22. The minimum atomic E-state index is 0.0909. The Bertz CT molecular complexity index is 549. The average molecular weight is 284 g/mol. The highest BCUT2D eigenvalue weighted by Crippen LogP contribution is 2.28. The van der Waals surface area contributed by atoms with Gasteiger partial charge in [-0.1, -0.05) is 30.3 Å². The van der Waals surface area contributed by atoms with E-state index in [1.165, 1.54) is 5.56 Å². The van der Waals surface area contributed by atoms with Gasteiger partial charge in [0.2, 0.25) is 0 Å². The van der Waals surface area contributed by atoms with Crippen LogP contribution in [0.1, 0.15) is 11.6 Å². The van der Waals surface area contributed by atoms with Crippen molar-refractivity contribution in [3.8, 4) is 0 Å². The summed E-state index contributed by atoms with van der Waals surface area (Å²) in [7, 11) is 2.15. The SMILES string of the molecule is CN1CCO[C@@H](CNc2cnccn2)[C@@H]1c1ccccc1. The maximum absolute atomic E-state index is 5.98. The lowest BCUT2D eigenvalue weighted by atomic mass is 9.98. The van der Waals surface area contributed by atoms with Crippen LogP contribution in [0.15, 0.2) is 48.9 Å². The number of aromatic nitrogens is 2. The van der Waals surface area contributed by atoms with Crippen molar-refractivity contribution in [2.24, 2.45) is 0 Å². The summed E-state index contributed by atoms with van der Waals surface area (Å²) in [5, 5.41) is 3.31. The van der Waals surface area contributed by atoms with Crippen molar-refractivity contribution in [2.75, 3.05) is 32.1 Å². The molecule has 110 valence electrons. The van der Waals surface area contributed by atoms with Gasteiger partial charge in [-0.3, -0.25) is 9.88 Å². The molecule has 0 amide bonds. The highest BCUT2D eigenvalue weighted by molar-refractivity contribution is 5.30. The topological polar surface area (TPSA) is 50.3 Å². The minimum absolute atomic E-state index is 0.0909. The van der Waals surface area contributed by atoms with Gasteiger partial charge < -0.3 is 10.1 Å². The highest BCUT2D eigenvalue weighted by atomic mass is 16.5. The van der Waals surface area contributed by atoms with Gasteiger partial charge in [0.05, 0.1) is 24.9 Å². The van der Waals surface area contributed by atoms with E-state index in [0.717, 1.165) is 19.0 Å². The van der Waals surface area contributed by atoms with E-state index in [1.54, 1.807) is 18.6 Å². The van der Waals surface area contributed by atoms with Gasteiger partial charge in [-0.25, -0.2) is 4.98 Å². The van der Waals surface area contributed by atoms with Crippen LogP contribution in [0, 0.1) is 0 Å². The molecule has 5 heteroatoms. The second kappa shape index (κ2) is 6.65. The molecule has 1 aliphatic heterocycles. The third-order valence-corrected chi connectivity index (χ3v) is 3.79. The molecule has 1 aromatic heterocycles. The van der Waals surface area contributed by atoms with Crippen LogP contribution in [-0.2, 0) is 4.74 Å². The molecule has 0 aliphatic carbocycles. The number of hydrogen-bond donors (Lipinski definition) is 1. The van der Waals surface area contributed by atoms with Gasteiger partial charge >= 0.3 is 0 Å². The third-order valence-electron chi connectivity index (χ3n) is 3.79. The van der Waals surface area contributed by atoms with Crippen molar-refractivity contribution in [3.05, 3.63) is 54.5 Å². The van der Waals surface area contributed by atoms with Crippen LogP contribution in [0.5, 0.6) is 0 Å². The van der Waals surface area contributed by atoms with Crippen molar-refractivity contribution >= 4 is 5.82 Å². The molecule has 3 rings (SSSR count). The molecule has 0 unspecified atom stereocenters. The number of rotatable bonds is 4. The van der Waals surface area contributed by atoms with Gasteiger partial charge in [0.15, 0.2) is 0 Å². The lowest BCUT2D eigenvalue weighted by Gasteiger charge is -2.39. The van der Waals surface area contributed by atoms with Crippen molar-refractivity contribution in [2.45, 2.75) is 12.1 Å². The van der Waals surface area contributed by atoms with Crippen molar-refractivity contribution in [3.63, 3.8) is 0 Å². The number of likely N-dealkylation sites (N-methyl/N-ethyl adjacent to an activating group) is 1. The monoisotopic (exact) mass is 284 g/mol. The zero-order chi connectivity index (χ0) is 14.5. The molecule has 1 aromatic carbocycles. The summed E-state index contributed by atoms with van der Waals surface area (Å²) in [5.41, 5.74) is 1.28. The zero-order valence-corrected chi connectivity index (χ0v) is 12.1. The number of ether oxygens (including phenoxy) is 1. The number of morpholine rings is 1. The molecule has 1 N–H and O–H groups in total. The molecule has 1 fully saturated rings. The summed E-state index contributed by atoms with van der Waals surface area (Å²) < 4.78 is 5.98. The van der Waals surface area contributed by atoms with Crippen molar-refractivity contribution in [1.82, 2.24) is 14.9 Å². The largest absolute Gasteiger partial charge is 0.373 e. The first kappa shape index (κ1) is 14.0. The van der Waals surface area contributed by atoms with Crippen LogP contribution in [-0.4, -0.2) is 47.7 Å². The maximum atomic E-state index is 5.98. The Morgan fingerprint density at radius 2 is 2.14 bits per heavy atom. The molecule has 2 heterocycles. The fraction of sp³-hybridized carbons (Fsp3) is 0.375. The number of hydrogen-bond acceptors (Lipinski definition) is 5. The molecule has 0 radical (unpaired) electrons. The summed E-state index contributed by atoms with van der Waals surface area (Å²) in [6.07, 6.45) is 5.17. The van der Waals surface area contributed by atoms with Crippen molar-refractivity contribution < 1.29 is 4.74 Å². The Balaban J connectivity index is 1.72. The molecule has 0 saturated carbocycles. The van der Waals surface area contributed by atoms with Crippen LogP contribution in [0.3, 0.4) is 0 Å². The first-order chi connectivity index (χ1) is 10.3. The predicted octanol–water partition coefficient (Wildman–Crippen LogP) is 1.96. The molecule has 5 nitrogen and oxygen atoms in total. The summed E-state index contributed by atoms with van der Waals surface area (Å²) >= 11 is 0. The maximum Gasteiger partial charge on any atom is 0.144 e. The molecular formula is C16H20N4O. The van der Waals surface area contributed by atoms with Crippen molar-refractivity contribution in [1.29, 1.82) is 0 Å². The normalized spacial score (nSPS) is 22.9. The minimum Gasteiger partial charge on any atom is -0.373 e. The molecule has 0 spiro atoms. The van der Waals surface area contributed by atoms with Gasteiger partial charge in [-0.2, -0.15) is 0 Å². The number of anilines is 1. The molecule has 2 aromatic rings. The van der Waals surface area contributed by atoms with E-state index in [1.807, 2.05) is 6.07 Å². The number of benzene rings is 1. The fourth-order valence-corrected chi connectivity index (χ4v) is 2.75. The third kappa shape index (κ3) is 3.37. The first-order valence-electron chi connectivity index (χ1n) is 7.21. The Hall–Kier alpha value is -1.98. The Morgan fingerprint density at radius 1 is 1.29 bits per heavy atom. The van der Waals surface area contributed by atoms with E-state index in [9.17, 15) is 0 Å². The second-order valence-corrected chi connectivity index (χ2v) is 5.22. The summed E-state index contributed by atoms with van der Waals surface area (Å²) in [4.78, 5) is 10.7. The Labute approximate surface area is 125 Å². The van der Waals surface area contributed by atoms with E-state index < -0.39 is 0 Å². The van der Waals surface area contributed by atoms with Gasteiger partial charge in [-0.05, 0) is 12.6 Å². The lowest BCUT2D eigenvalue weighted by molar-refractivity contribution is -0.0557. The first-order valence-corrected chi connectivity index (χ1v) is 7.21. The lowest BCUT2D eigenvalue weighted by Crippen LogP contribution is -2.46. The molecule has 1 saturated heterocycles. The highest BCUT2D eigenvalue weighted by Gasteiger charge is 2.31. The van der Waals surface area contributed by atoms with Crippen LogP contribution < -0.4 is 5.32 Å². The Kier molecular flexibility index (Phi) is 4.43. The van der Waals surface area contributed by atoms with Crippen LogP contribution in [0.25, 0.3) is 0 Å². The van der Waals surface area contributed by atoms with Gasteiger partial charge in [0.25, 0.3) is 0 Å². The van der Waals surface area contributed by atoms with Gasteiger partial charge in [-0.15, -0.1) is 0 Å². The van der Waals surface area contributed by atoms with E-state index in [2.05, 4.69) is 51.5 Å². The standard InChI is InChI=1S/C16H20N4O/c1-20-9-10-21-14(11-19-15-12-17-7-8-18-15)16(20)13-5-3-2-4-6-13/h2-8,12,14,16H,9-11H2,1H3,(H,18,19)/t14-,16-/m0/s1. The van der Waals surface area contributed by atoms with E-state index in [4.69, 9.17) is 4.74 Å². The van der Waals surface area contributed by atoms with Gasteiger partial charge in [0, 0.05) is 25.5 Å². The predicted molar refractivity (Wildman–Crippen MR) is 82.1 cm³/mol. The molecule has 1 aliphatic rings. The quantitative estimate of drug-likeness (QED) is 0.930. The van der Waals surface area contributed by atoms with E-state index in [-0.39, 0.29) is 12.1 Å². The van der Waals surface area contributed by atoms with Crippen LogP contribution in [0.4, 0.5) is 5.82 Å². The number of nitrogens with zero attached hydrogens (tertiary/aromatic N) is 3. The molecule has 21 heavy (non-hydrogen) atoms. The smallest absolute Gasteiger partial charge is 0.144 e. The molecule has 0 bridgehead atoms. The van der Waals surface area contributed by atoms with E-state index in [0.29, 0.717) is 6.54 Å². The average Bonchev–Trinajstić information content (AvgIpc) is 2.55. The molecule has 2 atom stereocenters. The summed E-state index contributed by atoms with van der Waals surface area (Å²) in [5.74, 6) is 0.779. The zero-order valence-electron chi connectivity index (χ0n) is 12.1. The summed E-state index contributed by atoms with van der Waals surface area (Å²) in [6, 6.07) is 10.8. The van der Waals surface area contributed by atoms with E-state index >= 15 is 0 Å². The summed E-state index contributed by atoms with van der Waals surface area (Å²) in [6.45, 7) is 2.41.